The van der Waals surface area contributed by atoms with E-state index in [9.17, 15) is 4.21 Å². The van der Waals surface area contributed by atoms with E-state index in [1.54, 1.807) is 7.11 Å². The number of para-hydroxylation sites is 1. The number of benzene rings is 1. The predicted molar refractivity (Wildman–Crippen MR) is 81.9 cm³/mol. The van der Waals surface area contributed by atoms with Crippen molar-refractivity contribution >= 4 is 10.8 Å². The van der Waals surface area contributed by atoms with Crippen molar-refractivity contribution in [2.45, 2.75) is 32.4 Å². The number of rotatable bonds is 6. The van der Waals surface area contributed by atoms with Gasteiger partial charge in [-0.15, -0.1) is 0 Å². The molecule has 4 nitrogen and oxygen atoms in total. The molecule has 0 spiro atoms. The molecule has 2 rings (SSSR count). The molecule has 1 N–H and O–H groups in total. The van der Waals surface area contributed by atoms with Gasteiger partial charge in [0.1, 0.15) is 0 Å². The average molecular weight is 297 g/mol. The molecule has 1 fully saturated rings. The Balaban J connectivity index is 1.98. The van der Waals surface area contributed by atoms with Gasteiger partial charge in [-0.1, -0.05) is 12.1 Å². The zero-order valence-corrected chi connectivity index (χ0v) is 13.0. The maximum Gasteiger partial charge on any atom is 0.165 e. The van der Waals surface area contributed by atoms with Gasteiger partial charge in [-0.05, 0) is 25.8 Å². The van der Waals surface area contributed by atoms with E-state index in [1.165, 1.54) is 0 Å². The summed E-state index contributed by atoms with van der Waals surface area (Å²) in [7, 11) is 1.07. The Kier molecular flexibility index (Phi) is 5.86. The minimum atomic E-state index is -0.606. The molecule has 1 heterocycles. The molecular weight excluding hydrogens is 274 g/mol. The molecule has 1 aromatic rings. The van der Waals surface area contributed by atoms with E-state index in [1.807, 2.05) is 19.1 Å². The van der Waals surface area contributed by atoms with Crippen molar-refractivity contribution in [3.8, 4) is 11.5 Å². The monoisotopic (exact) mass is 297 g/mol. The van der Waals surface area contributed by atoms with Crippen molar-refractivity contribution in [3.63, 3.8) is 0 Å². The van der Waals surface area contributed by atoms with E-state index in [-0.39, 0.29) is 0 Å². The van der Waals surface area contributed by atoms with Gasteiger partial charge in [0.05, 0.1) is 13.7 Å². The van der Waals surface area contributed by atoms with Crippen molar-refractivity contribution in [2.24, 2.45) is 0 Å². The highest BCUT2D eigenvalue weighted by molar-refractivity contribution is 7.85. The van der Waals surface area contributed by atoms with Crippen LogP contribution in [-0.4, -0.2) is 35.5 Å². The van der Waals surface area contributed by atoms with E-state index in [0.717, 1.165) is 48.0 Å². The summed E-state index contributed by atoms with van der Waals surface area (Å²) in [6, 6.07) is 6.42. The fourth-order valence-electron chi connectivity index (χ4n) is 2.45. The highest BCUT2D eigenvalue weighted by atomic mass is 32.2. The SMILES string of the molecule is CCOc1cccc(CNC2CCS(=O)CC2)c1OC. The zero-order chi connectivity index (χ0) is 14.4. The second kappa shape index (κ2) is 7.64. The lowest BCUT2D eigenvalue weighted by molar-refractivity contribution is 0.308. The van der Waals surface area contributed by atoms with E-state index in [4.69, 9.17) is 9.47 Å². The van der Waals surface area contributed by atoms with Crippen LogP contribution in [0.4, 0.5) is 0 Å². The summed E-state index contributed by atoms with van der Waals surface area (Å²) in [5, 5.41) is 3.53. The van der Waals surface area contributed by atoms with Crippen LogP contribution in [0.15, 0.2) is 18.2 Å². The van der Waals surface area contributed by atoms with Crippen LogP contribution >= 0.6 is 0 Å². The third-order valence-electron chi connectivity index (χ3n) is 3.53. The second-order valence-electron chi connectivity index (χ2n) is 4.88. The lowest BCUT2D eigenvalue weighted by atomic mass is 10.1. The third-order valence-corrected chi connectivity index (χ3v) is 4.92. The minimum Gasteiger partial charge on any atom is -0.493 e. The molecule has 0 radical (unpaired) electrons. The molecule has 1 aromatic carbocycles. The van der Waals surface area contributed by atoms with Crippen molar-refractivity contribution in [1.29, 1.82) is 0 Å². The second-order valence-corrected chi connectivity index (χ2v) is 6.58. The van der Waals surface area contributed by atoms with Gasteiger partial charge < -0.3 is 14.8 Å². The topological polar surface area (TPSA) is 47.6 Å². The lowest BCUT2D eigenvalue weighted by Crippen LogP contribution is -2.35. The molecule has 0 saturated carbocycles. The first kappa shape index (κ1) is 15.3. The largest absolute Gasteiger partial charge is 0.493 e. The molecule has 0 aromatic heterocycles. The van der Waals surface area contributed by atoms with E-state index >= 15 is 0 Å². The summed E-state index contributed by atoms with van der Waals surface area (Å²) in [6.07, 6.45) is 1.97. The van der Waals surface area contributed by atoms with Crippen LogP contribution < -0.4 is 14.8 Å². The van der Waals surface area contributed by atoms with Crippen LogP contribution in [0.1, 0.15) is 25.3 Å². The Hall–Kier alpha value is -1.07. The Morgan fingerprint density at radius 3 is 2.75 bits per heavy atom. The van der Waals surface area contributed by atoms with Crippen LogP contribution in [0.25, 0.3) is 0 Å². The van der Waals surface area contributed by atoms with Crippen molar-refractivity contribution in [1.82, 2.24) is 5.32 Å². The first-order chi connectivity index (χ1) is 9.74. The number of methoxy groups -OCH3 is 1. The molecule has 1 saturated heterocycles. The average Bonchev–Trinajstić information content (AvgIpc) is 2.47. The van der Waals surface area contributed by atoms with Crippen molar-refractivity contribution in [3.05, 3.63) is 23.8 Å². The quantitative estimate of drug-likeness (QED) is 0.873. The summed E-state index contributed by atoms with van der Waals surface area (Å²) in [5.41, 5.74) is 1.10. The van der Waals surface area contributed by atoms with Gasteiger partial charge in [-0.2, -0.15) is 0 Å². The molecule has 0 aliphatic carbocycles. The van der Waals surface area contributed by atoms with Crippen LogP contribution in [0.5, 0.6) is 11.5 Å². The Labute approximate surface area is 123 Å². The van der Waals surface area contributed by atoms with Crippen LogP contribution in [-0.2, 0) is 17.3 Å². The summed E-state index contributed by atoms with van der Waals surface area (Å²) in [4.78, 5) is 0. The number of hydrogen-bond acceptors (Lipinski definition) is 4. The maximum atomic E-state index is 11.3. The smallest absolute Gasteiger partial charge is 0.165 e. The first-order valence-electron chi connectivity index (χ1n) is 7.11. The van der Waals surface area contributed by atoms with E-state index < -0.39 is 10.8 Å². The van der Waals surface area contributed by atoms with Crippen molar-refractivity contribution < 1.29 is 13.7 Å². The lowest BCUT2D eigenvalue weighted by Gasteiger charge is -2.23. The van der Waals surface area contributed by atoms with Gasteiger partial charge in [-0.3, -0.25) is 4.21 Å². The standard InChI is InChI=1S/C15H23NO3S/c1-3-19-14-6-4-5-12(15(14)18-2)11-16-13-7-9-20(17)10-8-13/h4-6,13,16H,3,7-11H2,1-2H3. The highest BCUT2D eigenvalue weighted by Gasteiger charge is 2.18. The molecule has 112 valence electrons. The van der Waals surface area contributed by atoms with E-state index in [2.05, 4.69) is 11.4 Å². The van der Waals surface area contributed by atoms with Gasteiger partial charge in [0.25, 0.3) is 0 Å². The van der Waals surface area contributed by atoms with Crippen LogP contribution in [0.3, 0.4) is 0 Å². The Bertz CT molecular complexity index is 454. The molecule has 20 heavy (non-hydrogen) atoms. The maximum absolute atomic E-state index is 11.3. The number of nitrogens with one attached hydrogen (secondary N) is 1. The highest BCUT2D eigenvalue weighted by Crippen LogP contribution is 2.31. The van der Waals surface area contributed by atoms with Gasteiger partial charge in [0.15, 0.2) is 11.5 Å². The molecule has 0 bridgehead atoms. The summed E-state index contributed by atoms with van der Waals surface area (Å²) in [6.45, 7) is 3.34. The van der Waals surface area contributed by atoms with Gasteiger partial charge in [0.2, 0.25) is 0 Å². The molecule has 0 unspecified atom stereocenters. The Morgan fingerprint density at radius 2 is 2.10 bits per heavy atom. The summed E-state index contributed by atoms with van der Waals surface area (Å²) < 4.78 is 22.4. The fourth-order valence-corrected chi connectivity index (χ4v) is 3.75. The fraction of sp³-hybridized carbons (Fsp3) is 0.600. The molecule has 0 amide bonds. The number of ether oxygens (including phenoxy) is 2. The third kappa shape index (κ3) is 3.96. The zero-order valence-electron chi connectivity index (χ0n) is 12.2. The minimum absolute atomic E-state index is 0.452. The van der Waals surface area contributed by atoms with Gasteiger partial charge in [-0.25, -0.2) is 0 Å². The molecule has 5 heteroatoms. The first-order valence-corrected chi connectivity index (χ1v) is 8.60. The summed E-state index contributed by atoms with van der Waals surface area (Å²) >= 11 is 0. The summed E-state index contributed by atoms with van der Waals surface area (Å²) in [5.74, 6) is 3.22. The van der Waals surface area contributed by atoms with Crippen LogP contribution in [0, 0.1) is 0 Å². The van der Waals surface area contributed by atoms with Gasteiger partial charge >= 0.3 is 0 Å². The molecule has 1 aliphatic rings. The molecule has 0 atom stereocenters. The predicted octanol–water partition coefficient (Wildman–Crippen LogP) is 2.09. The van der Waals surface area contributed by atoms with Gasteiger partial charge in [0, 0.05) is 40.5 Å². The molecular formula is C15H23NO3S. The van der Waals surface area contributed by atoms with E-state index in [0.29, 0.717) is 12.6 Å². The Morgan fingerprint density at radius 1 is 1.35 bits per heavy atom. The molecule has 1 aliphatic heterocycles. The normalized spacial score (nSPS) is 22.5. The van der Waals surface area contributed by atoms with Crippen LogP contribution in [0.2, 0.25) is 0 Å². The number of hydrogen-bond donors (Lipinski definition) is 1. The van der Waals surface area contributed by atoms with Crippen molar-refractivity contribution in [2.75, 3.05) is 25.2 Å².